The Balaban J connectivity index is 2.36. The minimum atomic E-state index is -3.85. The number of pyridine rings is 1. The lowest BCUT2D eigenvalue weighted by molar-refractivity contribution is 0.601. The van der Waals surface area contributed by atoms with Crippen LogP contribution in [0.15, 0.2) is 46.0 Å². The van der Waals surface area contributed by atoms with Gasteiger partial charge in [-0.1, -0.05) is 0 Å². The highest BCUT2D eigenvalue weighted by molar-refractivity contribution is 9.10. The zero-order valence-corrected chi connectivity index (χ0v) is 13.5. The van der Waals surface area contributed by atoms with Crippen LogP contribution in [0.1, 0.15) is 6.92 Å². The van der Waals surface area contributed by atoms with E-state index in [1.807, 2.05) is 6.92 Å². The number of sulfonamides is 1. The first-order chi connectivity index (χ1) is 9.94. The second-order valence-corrected chi connectivity index (χ2v) is 6.64. The predicted molar refractivity (Wildman–Crippen MR) is 83.3 cm³/mol. The van der Waals surface area contributed by atoms with Crippen LogP contribution in [0.3, 0.4) is 0 Å². The van der Waals surface area contributed by atoms with Gasteiger partial charge in [-0.2, -0.15) is 0 Å². The number of aromatic nitrogens is 1. The number of halogens is 2. The van der Waals surface area contributed by atoms with Crippen LogP contribution in [0.2, 0.25) is 0 Å². The van der Waals surface area contributed by atoms with E-state index in [0.29, 0.717) is 12.2 Å². The fourth-order valence-electron chi connectivity index (χ4n) is 1.70. The van der Waals surface area contributed by atoms with Crippen molar-refractivity contribution >= 4 is 37.3 Å². The van der Waals surface area contributed by atoms with Crippen molar-refractivity contribution in [1.82, 2.24) is 4.98 Å². The van der Waals surface area contributed by atoms with Crippen molar-refractivity contribution in [3.8, 4) is 0 Å². The summed E-state index contributed by atoms with van der Waals surface area (Å²) in [6.07, 6.45) is 2.74. The van der Waals surface area contributed by atoms with E-state index in [4.69, 9.17) is 0 Å². The maximum atomic E-state index is 13.5. The van der Waals surface area contributed by atoms with E-state index in [-0.39, 0.29) is 15.1 Å². The lowest BCUT2D eigenvalue weighted by atomic mass is 10.3. The maximum absolute atomic E-state index is 13.5. The van der Waals surface area contributed by atoms with E-state index in [9.17, 15) is 12.8 Å². The molecule has 0 aliphatic rings. The number of nitrogens with zero attached hydrogens (tertiary/aromatic N) is 1. The minimum Gasteiger partial charge on any atom is -0.384 e. The highest BCUT2D eigenvalue weighted by Crippen LogP contribution is 2.24. The number of hydrogen-bond donors (Lipinski definition) is 2. The third kappa shape index (κ3) is 3.70. The molecule has 21 heavy (non-hydrogen) atoms. The average molecular weight is 374 g/mol. The van der Waals surface area contributed by atoms with E-state index in [0.717, 1.165) is 6.07 Å². The van der Waals surface area contributed by atoms with Crippen molar-refractivity contribution in [3.05, 3.63) is 46.9 Å². The molecule has 0 atom stereocenters. The summed E-state index contributed by atoms with van der Waals surface area (Å²) >= 11 is 3.01. The zero-order valence-electron chi connectivity index (χ0n) is 11.1. The molecule has 2 aromatic rings. The summed E-state index contributed by atoms with van der Waals surface area (Å²) in [5, 5.41) is 2.95. The van der Waals surface area contributed by atoms with Crippen molar-refractivity contribution in [3.63, 3.8) is 0 Å². The Bertz CT molecular complexity index is 753. The standard InChI is InChI=1S/C13H13BrFN3O2S/c1-2-17-12-5-6-16-8-13(12)21(19,20)18-9-3-4-10(14)11(15)7-9/h3-8,18H,2H2,1H3,(H,16,17). The average Bonchev–Trinajstić information content (AvgIpc) is 2.43. The van der Waals surface area contributed by atoms with E-state index >= 15 is 0 Å². The normalized spacial score (nSPS) is 11.2. The van der Waals surface area contributed by atoms with Gasteiger partial charge in [-0.15, -0.1) is 0 Å². The summed E-state index contributed by atoms with van der Waals surface area (Å²) in [6, 6.07) is 5.57. The van der Waals surface area contributed by atoms with Gasteiger partial charge in [0.25, 0.3) is 10.0 Å². The molecule has 0 saturated carbocycles. The molecule has 1 aromatic heterocycles. The molecule has 112 valence electrons. The van der Waals surface area contributed by atoms with E-state index < -0.39 is 15.8 Å². The summed E-state index contributed by atoms with van der Waals surface area (Å²) in [7, 11) is -3.85. The fraction of sp³-hybridized carbons (Fsp3) is 0.154. The molecule has 0 aliphatic heterocycles. The van der Waals surface area contributed by atoms with Crippen molar-refractivity contribution in [2.75, 3.05) is 16.6 Å². The molecule has 2 rings (SSSR count). The van der Waals surface area contributed by atoms with Gasteiger partial charge in [0.1, 0.15) is 10.7 Å². The largest absolute Gasteiger partial charge is 0.384 e. The Labute approximate surface area is 130 Å². The van der Waals surface area contributed by atoms with Gasteiger partial charge in [-0.25, -0.2) is 12.8 Å². The van der Waals surface area contributed by atoms with Crippen LogP contribution in [-0.2, 0) is 10.0 Å². The molecular weight excluding hydrogens is 361 g/mol. The first-order valence-corrected chi connectivity index (χ1v) is 8.37. The van der Waals surface area contributed by atoms with Gasteiger partial charge in [0.2, 0.25) is 0 Å². The lowest BCUT2D eigenvalue weighted by Gasteiger charge is -2.12. The summed E-state index contributed by atoms with van der Waals surface area (Å²) < 4.78 is 40.8. The van der Waals surface area contributed by atoms with Crippen LogP contribution < -0.4 is 10.0 Å². The van der Waals surface area contributed by atoms with Crippen LogP contribution in [0.4, 0.5) is 15.8 Å². The maximum Gasteiger partial charge on any atom is 0.265 e. The van der Waals surface area contributed by atoms with Crippen LogP contribution in [0, 0.1) is 5.82 Å². The third-order valence-electron chi connectivity index (χ3n) is 2.61. The van der Waals surface area contributed by atoms with E-state index in [2.05, 4.69) is 31.0 Å². The third-order valence-corrected chi connectivity index (χ3v) is 4.66. The summed E-state index contributed by atoms with van der Waals surface area (Å²) in [5.41, 5.74) is 0.583. The highest BCUT2D eigenvalue weighted by atomic mass is 79.9. The van der Waals surface area contributed by atoms with Gasteiger partial charge in [0.05, 0.1) is 15.8 Å². The van der Waals surface area contributed by atoms with Gasteiger partial charge >= 0.3 is 0 Å². The van der Waals surface area contributed by atoms with Crippen LogP contribution in [-0.4, -0.2) is 19.9 Å². The Morgan fingerprint density at radius 3 is 2.76 bits per heavy atom. The number of hydrogen-bond acceptors (Lipinski definition) is 4. The number of nitrogens with one attached hydrogen (secondary N) is 2. The first kappa shape index (κ1) is 15.7. The molecule has 0 fully saturated rings. The Morgan fingerprint density at radius 1 is 1.33 bits per heavy atom. The van der Waals surface area contributed by atoms with Crippen LogP contribution in [0.25, 0.3) is 0 Å². The predicted octanol–water partition coefficient (Wildman–Crippen LogP) is 3.22. The second kappa shape index (κ2) is 6.40. The highest BCUT2D eigenvalue weighted by Gasteiger charge is 2.19. The molecule has 0 spiro atoms. The molecule has 0 radical (unpaired) electrons. The molecule has 8 heteroatoms. The van der Waals surface area contributed by atoms with Crippen molar-refractivity contribution in [2.24, 2.45) is 0 Å². The molecule has 2 N–H and O–H groups in total. The molecule has 1 heterocycles. The first-order valence-electron chi connectivity index (χ1n) is 6.10. The minimum absolute atomic E-state index is 0.00942. The van der Waals surface area contributed by atoms with Gasteiger partial charge < -0.3 is 5.32 Å². The SMILES string of the molecule is CCNc1ccncc1S(=O)(=O)Nc1ccc(Br)c(F)c1. The number of rotatable bonds is 5. The van der Waals surface area contributed by atoms with Gasteiger partial charge in [-0.05, 0) is 47.1 Å². The molecular formula is C13H13BrFN3O2S. The summed E-state index contributed by atoms with van der Waals surface area (Å²) in [5.74, 6) is -0.548. The van der Waals surface area contributed by atoms with Gasteiger partial charge in [-0.3, -0.25) is 9.71 Å². The van der Waals surface area contributed by atoms with Crippen LogP contribution >= 0.6 is 15.9 Å². The molecule has 0 unspecified atom stereocenters. The van der Waals surface area contributed by atoms with E-state index in [1.165, 1.54) is 24.5 Å². The van der Waals surface area contributed by atoms with Gasteiger partial charge in [0, 0.05) is 18.9 Å². The second-order valence-electron chi connectivity index (χ2n) is 4.14. The molecule has 0 amide bonds. The lowest BCUT2D eigenvalue weighted by Crippen LogP contribution is -2.16. The van der Waals surface area contributed by atoms with E-state index in [1.54, 1.807) is 6.07 Å². The monoisotopic (exact) mass is 373 g/mol. The van der Waals surface area contributed by atoms with Crippen LogP contribution in [0.5, 0.6) is 0 Å². The smallest absolute Gasteiger partial charge is 0.265 e. The molecule has 5 nitrogen and oxygen atoms in total. The molecule has 1 aromatic carbocycles. The Kier molecular flexibility index (Phi) is 4.79. The summed E-state index contributed by atoms with van der Waals surface area (Å²) in [4.78, 5) is 3.84. The Hall–Kier alpha value is -1.67. The van der Waals surface area contributed by atoms with Crippen molar-refractivity contribution in [1.29, 1.82) is 0 Å². The fourth-order valence-corrected chi connectivity index (χ4v) is 3.12. The summed E-state index contributed by atoms with van der Waals surface area (Å²) in [6.45, 7) is 2.42. The number of benzene rings is 1. The molecule has 0 saturated heterocycles. The van der Waals surface area contributed by atoms with Gasteiger partial charge in [0.15, 0.2) is 0 Å². The van der Waals surface area contributed by atoms with Crippen molar-refractivity contribution in [2.45, 2.75) is 11.8 Å². The quantitative estimate of drug-likeness (QED) is 0.843. The molecule has 0 aliphatic carbocycles. The van der Waals surface area contributed by atoms with Crippen molar-refractivity contribution < 1.29 is 12.8 Å². The zero-order chi connectivity index (χ0) is 15.5. The molecule has 0 bridgehead atoms. The Morgan fingerprint density at radius 2 is 2.10 bits per heavy atom. The number of anilines is 2. The topological polar surface area (TPSA) is 71.1 Å².